The van der Waals surface area contributed by atoms with Crippen molar-refractivity contribution in [3.8, 4) is 0 Å². The van der Waals surface area contributed by atoms with Crippen LogP contribution in [0, 0.1) is 0 Å². The summed E-state index contributed by atoms with van der Waals surface area (Å²) in [7, 11) is 1.27. The lowest BCUT2D eigenvalue weighted by Gasteiger charge is -2.36. The van der Waals surface area contributed by atoms with Gasteiger partial charge in [-0.05, 0) is 31.2 Å². The molecular formula is C24H26F3N4O3+. The van der Waals surface area contributed by atoms with Gasteiger partial charge in [-0.2, -0.15) is 13.2 Å². The van der Waals surface area contributed by atoms with Crippen LogP contribution < -0.4 is 15.1 Å². The summed E-state index contributed by atoms with van der Waals surface area (Å²) in [5.41, 5.74) is 1.10. The fraction of sp³-hybridized carbons (Fsp3) is 0.333. The van der Waals surface area contributed by atoms with Crippen LogP contribution in [0.1, 0.15) is 23.0 Å². The van der Waals surface area contributed by atoms with Gasteiger partial charge in [-0.15, -0.1) is 0 Å². The first-order chi connectivity index (χ1) is 16.2. The minimum Gasteiger partial charge on any atom is -0.464 e. The number of anilines is 2. The summed E-state index contributed by atoms with van der Waals surface area (Å²) in [6.45, 7) is 4.02. The molecule has 0 aliphatic carbocycles. The van der Waals surface area contributed by atoms with Crippen LogP contribution in [-0.2, 0) is 15.7 Å². The number of ether oxygens (including phenoxy) is 1. The van der Waals surface area contributed by atoms with Crippen molar-refractivity contribution in [1.29, 1.82) is 0 Å². The highest BCUT2D eigenvalue weighted by atomic mass is 19.4. The van der Waals surface area contributed by atoms with E-state index in [0.29, 0.717) is 48.5 Å². The highest BCUT2D eigenvalue weighted by molar-refractivity contribution is 6.11. The Balaban J connectivity index is 1.44. The van der Waals surface area contributed by atoms with Gasteiger partial charge in [0.25, 0.3) is 5.91 Å². The van der Waals surface area contributed by atoms with Gasteiger partial charge in [0.05, 0.1) is 44.5 Å². The van der Waals surface area contributed by atoms with Crippen LogP contribution in [0.2, 0.25) is 0 Å². The van der Waals surface area contributed by atoms with Crippen LogP contribution >= 0.6 is 0 Å². The first-order valence-corrected chi connectivity index (χ1v) is 11.0. The maximum atomic E-state index is 13.1. The van der Waals surface area contributed by atoms with Crippen molar-refractivity contribution >= 4 is 34.2 Å². The van der Waals surface area contributed by atoms with E-state index in [1.54, 1.807) is 25.1 Å². The van der Waals surface area contributed by atoms with Gasteiger partial charge in [0, 0.05) is 16.6 Å². The van der Waals surface area contributed by atoms with Crippen molar-refractivity contribution in [2.75, 3.05) is 43.5 Å². The van der Waals surface area contributed by atoms with Crippen LogP contribution in [0.25, 0.3) is 10.9 Å². The molecule has 1 aromatic heterocycles. The number of aromatic nitrogens is 1. The average molecular weight is 475 g/mol. The molecule has 0 unspecified atom stereocenters. The zero-order valence-electron chi connectivity index (χ0n) is 18.8. The molecule has 34 heavy (non-hydrogen) atoms. The van der Waals surface area contributed by atoms with Gasteiger partial charge in [-0.3, -0.25) is 4.79 Å². The lowest BCUT2D eigenvalue weighted by atomic mass is 10.1. The third-order valence-corrected chi connectivity index (χ3v) is 6.29. The number of carbonyl (C=O) groups excluding carboxylic acids is 2. The molecule has 3 N–H and O–H groups in total. The van der Waals surface area contributed by atoms with Crippen molar-refractivity contribution in [3.63, 3.8) is 0 Å². The fourth-order valence-corrected chi connectivity index (χ4v) is 4.31. The number of para-hydroxylation sites is 1. The van der Waals surface area contributed by atoms with Gasteiger partial charge in [0.2, 0.25) is 0 Å². The molecule has 1 fully saturated rings. The average Bonchev–Trinajstić information content (AvgIpc) is 3.21. The van der Waals surface area contributed by atoms with E-state index >= 15 is 0 Å². The summed E-state index contributed by atoms with van der Waals surface area (Å²) in [6.07, 6.45) is -4.39. The standard InChI is InChI=1S/C24H25F3N4O3/c1-15(22(32)29-20-18-8-3-4-9-19(18)28-21(20)23(33)34-2)30-10-12-31(13-11-30)17-7-5-6-16(14-17)24(25,26)27/h3-9,14-15,28H,10-13H2,1-2H3,(H,29,32)/p+1/t15-/m0/s1. The van der Waals surface area contributed by atoms with Gasteiger partial charge >= 0.3 is 12.1 Å². The summed E-state index contributed by atoms with van der Waals surface area (Å²) in [6, 6.07) is 12.1. The van der Waals surface area contributed by atoms with E-state index in [1.165, 1.54) is 13.2 Å². The Hall–Kier alpha value is -3.53. The number of hydrogen-bond donors (Lipinski definition) is 3. The Labute approximate surface area is 194 Å². The lowest BCUT2D eigenvalue weighted by molar-refractivity contribution is -0.914. The molecule has 1 saturated heterocycles. The number of halogens is 3. The largest absolute Gasteiger partial charge is 0.464 e. The number of amides is 1. The number of fused-ring (bicyclic) bond motifs is 1. The van der Waals surface area contributed by atoms with E-state index in [-0.39, 0.29) is 11.6 Å². The number of alkyl halides is 3. The van der Waals surface area contributed by atoms with Crippen molar-refractivity contribution in [1.82, 2.24) is 4.98 Å². The van der Waals surface area contributed by atoms with Gasteiger partial charge in [0.1, 0.15) is 5.69 Å². The molecule has 180 valence electrons. The zero-order chi connectivity index (χ0) is 24.5. The maximum absolute atomic E-state index is 13.1. The SMILES string of the molecule is COC(=O)c1[nH]c2ccccc2c1NC(=O)[C@H](C)[NH+]1CCN(c2cccc(C(F)(F)F)c2)CC1. The van der Waals surface area contributed by atoms with Crippen molar-refractivity contribution in [2.24, 2.45) is 0 Å². The van der Waals surface area contributed by atoms with Gasteiger partial charge in [0.15, 0.2) is 6.04 Å². The van der Waals surface area contributed by atoms with Crippen LogP contribution in [-0.4, -0.2) is 56.2 Å². The number of nitrogens with one attached hydrogen (secondary N) is 3. The molecule has 1 aliphatic heterocycles. The molecule has 4 rings (SSSR count). The van der Waals surface area contributed by atoms with Crippen LogP contribution in [0.15, 0.2) is 48.5 Å². The second-order valence-corrected chi connectivity index (χ2v) is 8.32. The molecule has 10 heteroatoms. The number of benzene rings is 2. The fourth-order valence-electron chi connectivity index (χ4n) is 4.31. The zero-order valence-corrected chi connectivity index (χ0v) is 18.8. The summed E-state index contributed by atoms with van der Waals surface area (Å²) in [5.74, 6) is -0.835. The predicted octanol–water partition coefficient (Wildman–Crippen LogP) is 2.71. The number of piperazine rings is 1. The summed E-state index contributed by atoms with van der Waals surface area (Å²) >= 11 is 0. The molecule has 2 aromatic carbocycles. The van der Waals surface area contributed by atoms with Crippen molar-refractivity contribution in [3.05, 3.63) is 59.8 Å². The Kier molecular flexibility index (Phi) is 6.52. The second kappa shape index (κ2) is 9.38. The molecular weight excluding hydrogens is 449 g/mol. The number of H-pyrrole nitrogens is 1. The van der Waals surface area contributed by atoms with E-state index in [2.05, 4.69) is 10.3 Å². The van der Waals surface area contributed by atoms with Gasteiger partial charge < -0.3 is 24.8 Å². The smallest absolute Gasteiger partial charge is 0.416 e. The van der Waals surface area contributed by atoms with Gasteiger partial charge in [-0.1, -0.05) is 24.3 Å². The summed E-state index contributed by atoms with van der Waals surface area (Å²) in [4.78, 5) is 31.2. The van der Waals surface area contributed by atoms with E-state index in [4.69, 9.17) is 4.74 Å². The molecule has 0 bridgehead atoms. The van der Waals surface area contributed by atoms with E-state index in [9.17, 15) is 22.8 Å². The Morgan fingerprint density at radius 3 is 2.50 bits per heavy atom. The van der Waals surface area contributed by atoms with Crippen molar-refractivity contribution < 1.29 is 32.4 Å². The third-order valence-electron chi connectivity index (χ3n) is 6.29. The second-order valence-electron chi connectivity index (χ2n) is 8.32. The highest BCUT2D eigenvalue weighted by Gasteiger charge is 2.33. The number of hydrogen-bond acceptors (Lipinski definition) is 4. The number of methoxy groups -OCH3 is 1. The van der Waals surface area contributed by atoms with E-state index < -0.39 is 23.8 Å². The number of esters is 1. The monoisotopic (exact) mass is 475 g/mol. The Morgan fingerprint density at radius 2 is 1.82 bits per heavy atom. The molecule has 0 saturated carbocycles. The van der Waals surface area contributed by atoms with Crippen LogP contribution in [0.5, 0.6) is 0 Å². The molecule has 0 spiro atoms. The Bertz CT molecular complexity index is 1200. The molecule has 0 radical (unpaired) electrons. The molecule has 1 aliphatic rings. The number of quaternary nitrogens is 1. The molecule has 2 heterocycles. The first-order valence-electron chi connectivity index (χ1n) is 11.0. The lowest BCUT2D eigenvalue weighted by Crippen LogP contribution is -3.19. The molecule has 1 amide bonds. The number of nitrogens with zero attached hydrogens (tertiary/aromatic N) is 1. The Morgan fingerprint density at radius 1 is 1.12 bits per heavy atom. The van der Waals surface area contributed by atoms with E-state index in [1.807, 2.05) is 17.0 Å². The number of aromatic amines is 1. The van der Waals surface area contributed by atoms with Crippen molar-refractivity contribution in [2.45, 2.75) is 19.1 Å². The third kappa shape index (κ3) is 4.72. The molecule has 1 atom stereocenters. The number of rotatable bonds is 5. The highest BCUT2D eigenvalue weighted by Crippen LogP contribution is 2.32. The minimum atomic E-state index is -4.39. The quantitative estimate of drug-likeness (QED) is 0.496. The summed E-state index contributed by atoms with van der Waals surface area (Å²) < 4.78 is 44.0. The molecule has 3 aromatic rings. The van der Waals surface area contributed by atoms with Crippen LogP contribution in [0.3, 0.4) is 0 Å². The number of carbonyl (C=O) groups is 2. The maximum Gasteiger partial charge on any atom is 0.416 e. The van der Waals surface area contributed by atoms with Crippen LogP contribution in [0.4, 0.5) is 24.5 Å². The molecule has 7 nitrogen and oxygen atoms in total. The van der Waals surface area contributed by atoms with E-state index in [0.717, 1.165) is 17.0 Å². The minimum absolute atomic E-state index is 0.175. The predicted molar refractivity (Wildman–Crippen MR) is 122 cm³/mol. The topological polar surface area (TPSA) is 78.9 Å². The summed E-state index contributed by atoms with van der Waals surface area (Å²) in [5, 5.41) is 3.58. The normalized spacial score (nSPS) is 15.9. The van der Waals surface area contributed by atoms with Gasteiger partial charge in [-0.25, -0.2) is 4.79 Å². The first kappa shape index (κ1) is 23.6.